The molecule has 0 radical (unpaired) electrons. The molecule has 0 saturated carbocycles. The van der Waals surface area contributed by atoms with Crippen molar-refractivity contribution in [3.05, 3.63) is 48.6 Å². The lowest BCUT2D eigenvalue weighted by atomic mass is 10.1. The molecule has 0 aromatic carbocycles. The Labute approximate surface area is 453 Å². The van der Waals surface area contributed by atoms with Crippen molar-refractivity contribution in [1.29, 1.82) is 0 Å². The van der Waals surface area contributed by atoms with E-state index in [9.17, 15) is 28.9 Å². The number of phosphoric acid groups is 1. The highest BCUT2D eigenvalue weighted by atomic mass is 31.2. The van der Waals surface area contributed by atoms with Gasteiger partial charge in [0.25, 0.3) is 0 Å². The normalized spacial score (nSPS) is 13.6. The van der Waals surface area contributed by atoms with Gasteiger partial charge >= 0.3 is 25.7 Å². The predicted octanol–water partition coefficient (Wildman–Crippen LogP) is 18.1. The third kappa shape index (κ3) is 54.2. The van der Waals surface area contributed by atoms with Crippen LogP contribution in [0.25, 0.3) is 0 Å². The van der Waals surface area contributed by atoms with Crippen LogP contribution in [0.1, 0.15) is 290 Å². The molecular formula is C62H113O11P. The van der Waals surface area contributed by atoms with Gasteiger partial charge in [-0.15, -0.1) is 0 Å². The number of hydrogen-bond acceptors (Lipinski definition) is 10. The van der Waals surface area contributed by atoms with Gasteiger partial charge in [0, 0.05) is 19.3 Å². The lowest BCUT2D eigenvalue weighted by molar-refractivity contribution is -0.161. The fourth-order valence-electron chi connectivity index (χ4n) is 8.60. The Morgan fingerprint density at radius 1 is 0.392 bits per heavy atom. The van der Waals surface area contributed by atoms with Crippen LogP contribution < -0.4 is 0 Å². The molecule has 432 valence electrons. The first-order valence-electron chi connectivity index (χ1n) is 30.5. The van der Waals surface area contributed by atoms with Gasteiger partial charge < -0.3 is 24.2 Å². The molecule has 0 heterocycles. The minimum absolute atomic E-state index is 0.167. The molecule has 3 atom stereocenters. The minimum Gasteiger partial charge on any atom is -0.462 e. The number of aliphatic hydroxyl groups is 1. The molecule has 0 spiro atoms. The maximum absolute atomic E-state index is 12.9. The quantitative estimate of drug-likeness (QED) is 0.0197. The summed E-state index contributed by atoms with van der Waals surface area (Å²) in [5.41, 5.74) is 0. The Balaban J connectivity index is 4.63. The minimum atomic E-state index is -4.75. The number of unbranched alkanes of at least 4 members (excludes halogenated alkanes) is 32. The average Bonchev–Trinajstić information content (AvgIpc) is 3.39. The molecular weight excluding hydrogens is 952 g/mol. The second-order valence-electron chi connectivity index (χ2n) is 20.5. The zero-order chi connectivity index (χ0) is 54.1. The van der Waals surface area contributed by atoms with Gasteiger partial charge in [-0.3, -0.25) is 23.4 Å². The number of esters is 3. The molecule has 74 heavy (non-hydrogen) atoms. The predicted molar refractivity (Wildman–Crippen MR) is 307 cm³/mol. The molecule has 0 aromatic rings. The van der Waals surface area contributed by atoms with Crippen LogP contribution in [-0.4, -0.2) is 66.5 Å². The summed E-state index contributed by atoms with van der Waals surface area (Å²) < 4.78 is 39.6. The van der Waals surface area contributed by atoms with E-state index in [1.807, 2.05) is 0 Å². The van der Waals surface area contributed by atoms with E-state index in [2.05, 4.69) is 69.4 Å². The topological polar surface area (TPSA) is 155 Å². The van der Waals surface area contributed by atoms with E-state index in [0.717, 1.165) is 89.9 Å². The van der Waals surface area contributed by atoms with Gasteiger partial charge in [0.05, 0.1) is 19.8 Å². The van der Waals surface area contributed by atoms with E-state index in [1.165, 1.54) is 141 Å². The smallest absolute Gasteiger partial charge is 0.462 e. The number of aliphatic hydroxyl groups excluding tert-OH is 1. The van der Waals surface area contributed by atoms with Crippen LogP contribution in [0.3, 0.4) is 0 Å². The maximum atomic E-state index is 12.9. The molecule has 0 fully saturated rings. The maximum Gasteiger partial charge on any atom is 0.472 e. The Bertz CT molecular complexity index is 1430. The van der Waals surface area contributed by atoms with Gasteiger partial charge in [-0.2, -0.15) is 0 Å². The Morgan fingerprint density at radius 3 is 1.09 bits per heavy atom. The van der Waals surface area contributed by atoms with E-state index >= 15 is 0 Å². The summed E-state index contributed by atoms with van der Waals surface area (Å²) in [7, 11) is -4.75. The standard InChI is InChI=1S/C62H113O11P/c1-4-7-10-13-16-19-22-24-26-28-29-31-33-35-38-41-44-47-50-53-62(66)73-59(55-69-60(64)51-48-45-42-39-36-21-18-15-12-9-6-3)57-71-74(67,68)70-56-58(54-63)72-61(65)52-49-46-43-40-37-34-32-30-27-25-23-20-17-14-11-8-5-2/h8,11,17,20,24-27,58-59,63H,4-7,9-10,12-16,18-19,21-23,28-57H2,1-3H3,(H,67,68)/b11-8-,20-17-,26-24-,27-25-. The number of carbonyl (C=O) groups is 3. The van der Waals surface area contributed by atoms with Crippen LogP contribution in [0.2, 0.25) is 0 Å². The molecule has 0 rings (SSSR count). The fourth-order valence-corrected chi connectivity index (χ4v) is 9.39. The lowest BCUT2D eigenvalue weighted by Crippen LogP contribution is -2.30. The van der Waals surface area contributed by atoms with Crippen molar-refractivity contribution in [3.8, 4) is 0 Å². The summed E-state index contributed by atoms with van der Waals surface area (Å²) >= 11 is 0. The van der Waals surface area contributed by atoms with Crippen molar-refractivity contribution in [2.45, 2.75) is 303 Å². The Kier molecular flexibility index (Phi) is 54.7. The summed E-state index contributed by atoms with van der Waals surface area (Å²) in [6, 6.07) is 0. The largest absolute Gasteiger partial charge is 0.472 e. The highest BCUT2D eigenvalue weighted by Gasteiger charge is 2.28. The Hall–Kier alpha value is -2.56. The van der Waals surface area contributed by atoms with Gasteiger partial charge in [0.1, 0.15) is 12.7 Å². The first-order valence-corrected chi connectivity index (χ1v) is 32.0. The van der Waals surface area contributed by atoms with Crippen LogP contribution in [0.5, 0.6) is 0 Å². The Morgan fingerprint density at radius 2 is 0.703 bits per heavy atom. The van der Waals surface area contributed by atoms with Crippen LogP contribution in [0.4, 0.5) is 0 Å². The number of rotatable bonds is 57. The summed E-state index contributed by atoms with van der Waals surface area (Å²) in [6.45, 7) is 4.55. The molecule has 0 aromatic heterocycles. The third-order valence-corrected chi connectivity index (χ3v) is 14.2. The summed E-state index contributed by atoms with van der Waals surface area (Å²) in [5, 5.41) is 9.83. The van der Waals surface area contributed by atoms with Crippen LogP contribution >= 0.6 is 7.82 Å². The van der Waals surface area contributed by atoms with E-state index in [0.29, 0.717) is 19.3 Å². The molecule has 2 N–H and O–H groups in total. The van der Waals surface area contributed by atoms with Crippen molar-refractivity contribution in [3.63, 3.8) is 0 Å². The van der Waals surface area contributed by atoms with Crippen LogP contribution in [-0.2, 0) is 42.2 Å². The monoisotopic (exact) mass is 1060 g/mol. The van der Waals surface area contributed by atoms with E-state index in [1.54, 1.807) is 0 Å². The van der Waals surface area contributed by atoms with Crippen molar-refractivity contribution in [1.82, 2.24) is 0 Å². The molecule has 0 aliphatic carbocycles. The molecule has 3 unspecified atom stereocenters. The number of hydrogen-bond donors (Lipinski definition) is 2. The number of carbonyl (C=O) groups excluding carboxylic acids is 3. The highest BCUT2D eigenvalue weighted by Crippen LogP contribution is 2.43. The van der Waals surface area contributed by atoms with Gasteiger partial charge in [-0.25, -0.2) is 4.57 Å². The van der Waals surface area contributed by atoms with Gasteiger partial charge in [0.2, 0.25) is 0 Å². The van der Waals surface area contributed by atoms with Gasteiger partial charge in [-0.05, 0) is 77.0 Å². The highest BCUT2D eigenvalue weighted by molar-refractivity contribution is 7.47. The molecule has 0 aliphatic rings. The van der Waals surface area contributed by atoms with E-state index < -0.39 is 57.8 Å². The van der Waals surface area contributed by atoms with E-state index in [-0.39, 0.29) is 25.9 Å². The molecule has 0 bridgehead atoms. The van der Waals surface area contributed by atoms with Gasteiger partial charge in [-0.1, -0.05) is 243 Å². The zero-order valence-electron chi connectivity index (χ0n) is 47.8. The first kappa shape index (κ1) is 71.4. The van der Waals surface area contributed by atoms with Gasteiger partial charge in [0.15, 0.2) is 6.10 Å². The first-order chi connectivity index (χ1) is 36.2. The summed E-state index contributed by atoms with van der Waals surface area (Å²) in [6.07, 6.45) is 60.6. The summed E-state index contributed by atoms with van der Waals surface area (Å²) in [5.74, 6) is -1.46. The molecule has 12 heteroatoms. The number of allylic oxidation sites excluding steroid dienone is 8. The lowest BCUT2D eigenvalue weighted by Gasteiger charge is -2.21. The number of ether oxygens (including phenoxy) is 3. The number of phosphoric ester groups is 1. The molecule has 0 amide bonds. The fraction of sp³-hybridized carbons (Fsp3) is 0.823. The SMILES string of the molecule is CC/C=C\C/C=C\C/C=C\CCCCCCCCCC(=O)OC(CO)COP(=O)(O)OCC(COC(=O)CCCCCCCCCCCCC)OC(=O)CCCCCCCCCCC/C=C\CCCCCCCC. The molecule has 0 aliphatic heterocycles. The van der Waals surface area contributed by atoms with Crippen molar-refractivity contribution >= 4 is 25.7 Å². The molecule has 0 saturated heterocycles. The zero-order valence-corrected chi connectivity index (χ0v) is 48.7. The molecule has 11 nitrogen and oxygen atoms in total. The summed E-state index contributed by atoms with van der Waals surface area (Å²) in [4.78, 5) is 48.6. The second-order valence-corrected chi connectivity index (χ2v) is 21.9. The van der Waals surface area contributed by atoms with Crippen LogP contribution in [0, 0.1) is 0 Å². The van der Waals surface area contributed by atoms with Crippen molar-refractivity contribution in [2.75, 3.05) is 26.4 Å². The average molecular weight is 1070 g/mol. The van der Waals surface area contributed by atoms with Crippen molar-refractivity contribution in [2.24, 2.45) is 0 Å². The van der Waals surface area contributed by atoms with E-state index in [4.69, 9.17) is 23.3 Å². The third-order valence-electron chi connectivity index (χ3n) is 13.2. The second kappa shape index (κ2) is 56.6. The van der Waals surface area contributed by atoms with Crippen molar-refractivity contribution < 1.29 is 52.2 Å². The van der Waals surface area contributed by atoms with Crippen LogP contribution in [0.15, 0.2) is 48.6 Å².